The van der Waals surface area contributed by atoms with Gasteiger partial charge in [-0.2, -0.15) is 18.4 Å². The van der Waals surface area contributed by atoms with E-state index in [1.54, 1.807) is 19.1 Å². The number of nitrogens with zero attached hydrogens (tertiary/aromatic N) is 2. The first kappa shape index (κ1) is 20.2. The molecule has 0 unspecified atom stereocenters. The fraction of sp³-hybridized carbons (Fsp3) is 0.278. The molecule has 0 fully saturated rings. The molecule has 27 heavy (non-hydrogen) atoms. The number of ether oxygens (including phenoxy) is 1. The van der Waals surface area contributed by atoms with Crippen LogP contribution in [0.5, 0.6) is 0 Å². The van der Waals surface area contributed by atoms with Gasteiger partial charge in [0.15, 0.2) is 0 Å². The van der Waals surface area contributed by atoms with Crippen LogP contribution in [0.3, 0.4) is 0 Å². The number of alkyl halides is 3. The first-order valence-electron chi connectivity index (χ1n) is 7.76. The number of nitriles is 1. The van der Waals surface area contributed by atoms with E-state index >= 15 is 0 Å². The van der Waals surface area contributed by atoms with Gasteiger partial charge in [0.05, 0.1) is 12.2 Å². The van der Waals surface area contributed by atoms with Crippen molar-refractivity contribution in [1.29, 1.82) is 5.26 Å². The van der Waals surface area contributed by atoms with Gasteiger partial charge in [0.1, 0.15) is 18.2 Å². The topological polar surface area (TPSA) is 84.1 Å². The average Bonchev–Trinajstić information content (AvgIpc) is 2.58. The Morgan fingerprint density at radius 3 is 2.63 bits per heavy atom. The summed E-state index contributed by atoms with van der Waals surface area (Å²) >= 11 is 0. The number of pyridine rings is 1. The van der Waals surface area contributed by atoms with Crippen molar-refractivity contribution in [3.63, 3.8) is 0 Å². The second kappa shape index (κ2) is 8.05. The number of benzene rings is 1. The van der Waals surface area contributed by atoms with Gasteiger partial charge in [-0.05, 0) is 31.2 Å². The number of carbonyl (C=O) groups excluding carboxylic acids is 1. The van der Waals surface area contributed by atoms with Crippen LogP contribution < -0.4 is 10.9 Å². The van der Waals surface area contributed by atoms with Crippen molar-refractivity contribution < 1.29 is 22.7 Å². The Morgan fingerprint density at radius 1 is 1.33 bits per heavy atom. The lowest BCUT2D eigenvalue weighted by molar-refractivity contribution is -0.137. The predicted molar refractivity (Wildman–Crippen MR) is 90.9 cm³/mol. The number of nitrogens with one attached hydrogen (secondary N) is 1. The normalized spacial score (nSPS) is 11.1. The molecule has 0 saturated carbocycles. The van der Waals surface area contributed by atoms with E-state index in [1.165, 1.54) is 19.2 Å². The first-order valence-corrected chi connectivity index (χ1v) is 7.76. The summed E-state index contributed by atoms with van der Waals surface area (Å²) in [7, 11) is 1.42. The van der Waals surface area contributed by atoms with Gasteiger partial charge in [0, 0.05) is 24.1 Å². The quantitative estimate of drug-likeness (QED) is 0.866. The van der Waals surface area contributed by atoms with Crippen LogP contribution in [0.2, 0.25) is 0 Å². The van der Waals surface area contributed by atoms with E-state index in [0.717, 1.165) is 16.7 Å². The summed E-state index contributed by atoms with van der Waals surface area (Å²) in [6.45, 7) is 1.21. The molecule has 142 valence electrons. The fourth-order valence-electron chi connectivity index (χ4n) is 2.54. The fourth-order valence-corrected chi connectivity index (χ4v) is 2.54. The molecule has 2 aromatic rings. The van der Waals surface area contributed by atoms with Crippen molar-refractivity contribution >= 4 is 11.6 Å². The Kier molecular flexibility index (Phi) is 6.02. The van der Waals surface area contributed by atoms with Crippen molar-refractivity contribution in [1.82, 2.24) is 4.57 Å². The van der Waals surface area contributed by atoms with E-state index in [0.29, 0.717) is 11.3 Å². The first-order chi connectivity index (χ1) is 12.7. The Balaban J connectivity index is 2.27. The van der Waals surface area contributed by atoms with Crippen LogP contribution in [0, 0.1) is 18.3 Å². The van der Waals surface area contributed by atoms with Crippen molar-refractivity contribution in [2.75, 3.05) is 12.4 Å². The molecule has 0 bridgehead atoms. The maximum Gasteiger partial charge on any atom is 0.416 e. The maximum atomic E-state index is 12.7. The zero-order chi connectivity index (χ0) is 20.2. The average molecular weight is 379 g/mol. The van der Waals surface area contributed by atoms with Gasteiger partial charge >= 0.3 is 6.18 Å². The molecule has 1 amide bonds. The minimum atomic E-state index is -4.53. The lowest BCUT2D eigenvalue weighted by Crippen LogP contribution is -2.31. The third-order valence-electron chi connectivity index (χ3n) is 3.78. The lowest BCUT2D eigenvalue weighted by atomic mass is 10.1. The third-order valence-corrected chi connectivity index (χ3v) is 3.78. The third kappa shape index (κ3) is 4.74. The molecule has 1 aromatic heterocycles. The summed E-state index contributed by atoms with van der Waals surface area (Å²) in [5, 5.41) is 11.5. The van der Waals surface area contributed by atoms with Gasteiger partial charge in [-0.1, -0.05) is 6.07 Å². The molecule has 2 rings (SSSR count). The highest BCUT2D eigenvalue weighted by molar-refractivity contribution is 5.90. The zero-order valence-electron chi connectivity index (χ0n) is 14.6. The number of aryl methyl sites for hydroxylation is 1. The van der Waals surface area contributed by atoms with Gasteiger partial charge < -0.3 is 14.6 Å². The summed E-state index contributed by atoms with van der Waals surface area (Å²) in [5.74, 6) is -0.692. The SMILES string of the molecule is COCc1cc(C)n(CC(=O)Nc2cccc(C(F)(F)F)c2)c(=O)c1C#N. The number of aromatic nitrogens is 1. The number of hydrogen-bond donors (Lipinski definition) is 1. The van der Waals surface area contributed by atoms with Gasteiger partial charge in [-0.3, -0.25) is 9.59 Å². The molecule has 0 aliphatic heterocycles. The van der Waals surface area contributed by atoms with Gasteiger partial charge in [-0.15, -0.1) is 0 Å². The number of amides is 1. The highest BCUT2D eigenvalue weighted by Crippen LogP contribution is 2.30. The highest BCUT2D eigenvalue weighted by atomic mass is 19.4. The molecule has 0 atom stereocenters. The number of rotatable bonds is 5. The van der Waals surface area contributed by atoms with Crippen LogP contribution in [-0.2, 0) is 28.9 Å². The standard InChI is InChI=1S/C18H16F3N3O3/c1-11-6-12(10-27-2)15(8-22)17(26)24(11)9-16(25)23-14-5-3-4-13(7-14)18(19,20)21/h3-7H,9-10H2,1-2H3,(H,23,25). The smallest absolute Gasteiger partial charge is 0.380 e. The van der Waals surface area contributed by atoms with Crippen LogP contribution in [0.1, 0.15) is 22.4 Å². The van der Waals surface area contributed by atoms with E-state index < -0.39 is 29.8 Å². The lowest BCUT2D eigenvalue weighted by Gasteiger charge is -2.14. The summed E-state index contributed by atoms with van der Waals surface area (Å²) in [5.41, 5.74) is -0.929. The molecule has 6 nitrogen and oxygen atoms in total. The van der Waals surface area contributed by atoms with Crippen molar-refractivity contribution in [3.05, 3.63) is 63.1 Å². The van der Waals surface area contributed by atoms with Crippen LogP contribution >= 0.6 is 0 Å². The summed E-state index contributed by atoms with van der Waals surface area (Å²) < 4.78 is 44.3. The Labute approximate surface area is 152 Å². The molecule has 0 radical (unpaired) electrons. The second-order valence-corrected chi connectivity index (χ2v) is 5.75. The van der Waals surface area contributed by atoms with E-state index in [2.05, 4.69) is 5.32 Å². The molecule has 1 heterocycles. The van der Waals surface area contributed by atoms with Gasteiger partial charge in [0.25, 0.3) is 5.56 Å². The maximum absolute atomic E-state index is 12.7. The van der Waals surface area contributed by atoms with Crippen LogP contribution in [0.15, 0.2) is 35.1 Å². The van der Waals surface area contributed by atoms with E-state index in [9.17, 15) is 28.0 Å². The molecule has 0 saturated heterocycles. The predicted octanol–water partition coefficient (Wildman–Crippen LogP) is 2.83. The van der Waals surface area contributed by atoms with E-state index in [1.807, 2.05) is 0 Å². The number of hydrogen-bond acceptors (Lipinski definition) is 4. The summed E-state index contributed by atoms with van der Waals surface area (Å²) in [4.78, 5) is 24.6. The molecule has 0 aliphatic carbocycles. The summed E-state index contributed by atoms with van der Waals surface area (Å²) in [6, 6.07) is 7.52. The van der Waals surface area contributed by atoms with Gasteiger partial charge in [0.2, 0.25) is 5.91 Å². The zero-order valence-corrected chi connectivity index (χ0v) is 14.6. The minimum Gasteiger partial charge on any atom is -0.380 e. The Hall–Kier alpha value is -3.12. The number of methoxy groups -OCH3 is 1. The monoisotopic (exact) mass is 379 g/mol. The number of carbonyl (C=O) groups is 1. The number of halogens is 3. The van der Waals surface area contributed by atoms with Crippen molar-refractivity contribution in [2.24, 2.45) is 0 Å². The largest absolute Gasteiger partial charge is 0.416 e. The molecule has 1 N–H and O–H groups in total. The van der Waals surface area contributed by atoms with Crippen molar-refractivity contribution in [2.45, 2.75) is 26.3 Å². The van der Waals surface area contributed by atoms with E-state index in [-0.39, 0.29) is 17.9 Å². The summed E-state index contributed by atoms with van der Waals surface area (Å²) in [6.07, 6.45) is -4.53. The molecular formula is C18H16F3N3O3. The van der Waals surface area contributed by atoms with Crippen LogP contribution in [0.25, 0.3) is 0 Å². The van der Waals surface area contributed by atoms with Crippen LogP contribution in [-0.4, -0.2) is 17.6 Å². The van der Waals surface area contributed by atoms with Crippen molar-refractivity contribution in [3.8, 4) is 6.07 Å². The molecule has 1 aromatic carbocycles. The molecule has 9 heteroatoms. The molecular weight excluding hydrogens is 363 g/mol. The second-order valence-electron chi connectivity index (χ2n) is 5.75. The minimum absolute atomic E-state index is 0.0444. The highest BCUT2D eigenvalue weighted by Gasteiger charge is 2.30. The molecule has 0 spiro atoms. The Bertz CT molecular complexity index is 959. The number of anilines is 1. The van der Waals surface area contributed by atoms with Crippen LogP contribution in [0.4, 0.5) is 18.9 Å². The Morgan fingerprint density at radius 2 is 2.04 bits per heavy atom. The molecule has 0 aliphatic rings. The van der Waals surface area contributed by atoms with E-state index in [4.69, 9.17) is 4.74 Å². The van der Waals surface area contributed by atoms with Gasteiger partial charge in [-0.25, -0.2) is 0 Å².